The summed E-state index contributed by atoms with van der Waals surface area (Å²) in [7, 11) is 0. The minimum Gasteiger partial charge on any atom is -0.271 e. The van der Waals surface area contributed by atoms with E-state index in [0.29, 0.717) is 11.1 Å². The fraction of sp³-hybridized carbons (Fsp3) is 0.400. The summed E-state index contributed by atoms with van der Waals surface area (Å²) in [6.07, 6.45) is 3.82. The second-order valence-electron chi connectivity index (χ2n) is 5.02. The molecule has 2 aromatic rings. The molecule has 5 heteroatoms. The van der Waals surface area contributed by atoms with Gasteiger partial charge >= 0.3 is 0 Å². The molecule has 2 atom stereocenters. The molecule has 1 aromatic heterocycles. The second kappa shape index (κ2) is 6.88. The predicted molar refractivity (Wildman–Crippen MR) is 82.4 cm³/mol. The summed E-state index contributed by atoms with van der Waals surface area (Å²) < 4.78 is 2.00. The standard InChI is InChI=1S/C15H21ClN4/c1-3-11(2)20-8-7-14(19-20)10-15(18-17)12-5-4-6-13(16)9-12/h4-9,11,15,18H,3,10,17H2,1-2H3. The van der Waals surface area contributed by atoms with E-state index >= 15 is 0 Å². The Kier molecular flexibility index (Phi) is 5.17. The molecule has 0 saturated carbocycles. The maximum atomic E-state index is 6.03. The van der Waals surface area contributed by atoms with Crippen LogP contribution in [0.1, 0.15) is 43.6 Å². The third-order valence-corrected chi connectivity index (χ3v) is 3.81. The summed E-state index contributed by atoms with van der Waals surface area (Å²) in [5.41, 5.74) is 4.93. The lowest BCUT2D eigenvalue weighted by Gasteiger charge is -2.15. The van der Waals surface area contributed by atoms with Crippen LogP contribution >= 0.6 is 11.6 Å². The summed E-state index contributed by atoms with van der Waals surface area (Å²) in [5, 5.41) is 5.32. The minimum atomic E-state index is 0.00832. The highest BCUT2D eigenvalue weighted by Crippen LogP contribution is 2.21. The highest BCUT2D eigenvalue weighted by molar-refractivity contribution is 6.30. The van der Waals surface area contributed by atoms with Gasteiger partial charge in [-0.25, -0.2) is 0 Å². The molecular formula is C15H21ClN4. The van der Waals surface area contributed by atoms with Gasteiger partial charge in [0.25, 0.3) is 0 Å². The number of benzene rings is 1. The van der Waals surface area contributed by atoms with Gasteiger partial charge in [0.2, 0.25) is 0 Å². The maximum absolute atomic E-state index is 6.03. The van der Waals surface area contributed by atoms with Crippen LogP contribution < -0.4 is 11.3 Å². The number of nitrogens with one attached hydrogen (secondary N) is 1. The Bertz CT molecular complexity index is 552. The van der Waals surface area contributed by atoms with Crippen molar-refractivity contribution in [3.63, 3.8) is 0 Å². The first kappa shape index (κ1) is 15.0. The van der Waals surface area contributed by atoms with E-state index in [4.69, 9.17) is 17.4 Å². The average Bonchev–Trinajstić information content (AvgIpc) is 2.92. The Hall–Kier alpha value is -1.36. The summed E-state index contributed by atoms with van der Waals surface area (Å²) >= 11 is 6.03. The van der Waals surface area contributed by atoms with Gasteiger partial charge in [-0.1, -0.05) is 30.7 Å². The van der Waals surface area contributed by atoms with Gasteiger partial charge in [-0.2, -0.15) is 5.10 Å². The molecule has 0 fully saturated rings. The van der Waals surface area contributed by atoms with E-state index in [1.807, 2.05) is 41.2 Å². The molecule has 0 aliphatic rings. The molecule has 0 aliphatic heterocycles. The molecule has 1 heterocycles. The highest BCUT2D eigenvalue weighted by atomic mass is 35.5. The van der Waals surface area contributed by atoms with Crippen LogP contribution in [0.4, 0.5) is 0 Å². The van der Waals surface area contributed by atoms with Crippen LogP contribution in [0, 0.1) is 0 Å². The van der Waals surface area contributed by atoms with Crippen LogP contribution in [0.5, 0.6) is 0 Å². The summed E-state index contributed by atoms with van der Waals surface area (Å²) in [6, 6.07) is 10.2. The number of nitrogens with zero attached hydrogens (tertiary/aromatic N) is 2. The monoisotopic (exact) mass is 292 g/mol. The van der Waals surface area contributed by atoms with Crippen LogP contribution in [0.25, 0.3) is 0 Å². The van der Waals surface area contributed by atoms with Crippen molar-refractivity contribution in [2.45, 2.75) is 38.8 Å². The zero-order valence-corrected chi connectivity index (χ0v) is 12.6. The minimum absolute atomic E-state index is 0.00832. The molecule has 0 bridgehead atoms. The number of nitrogens with two attached hydrogens (primary N) is 1. The van der Waals surface area contributed by atoms with Crippen molar-refractivity contribution in [2.75, 3.05) is 0 Å². The van der Waals surface area contributed by atoms with E-state index in [-0.39, 0.29) is 6.04 Å². The Morgan fingerprint density at radius 2 is 2.20 bits per heavy atom. The Morgan fingerprint density at radius 1 is 1.40 bits per heavy atom. The molecule has 4 nitrogen and oxygen atoms in total. The van der Waals surface area contributed by atoms with Gasteiger partial charge in [0.05, 0.1) is 11.7 Å². The quantitative estimate of drug-likeness (QED) is 0.635. The fourth-order valence-electron chi connectivity index (χ4n) is 2.12. The summed E-state index contributed by atoms with van der Waals surface area (Å²) in [5.74, 6) is 5.67. The van der Waals surface area contributed by atoms with Crippen LogP contribution in [-0.4, -0.2) is 9.78 Å². The summed E-state index contributed by atoms with van der Waals surface area (Å²) in [6.45, 7) is 4.31. The lowest BCUT2D eigenvalue weighted by Crippen LogP contribution is -2.29. The second-order valence-corrected chi connectivity index (χ2v) is 5.46. The van der Waals surface area contributed by atoms with Crippen molar-refractivity contribution in [2.24, 2.45) is 5.84 Å². The number of hydrogen-bond donors (Lipinski definition) is 2. The van der Waals surface area contributed by atoms with Gasteiger partial charge in [-0.15, -0.1) is 0 Å². The molecule has 0 spiro atoms. The van der Waals surface area contributed by atoms with E-state index in [1.54, 1.807) is 0 Å². The molecule has 1 aromatic carbocycles. The number of rotatable bonds is 6. The predicted octanol–water partition coefficient (Wildman–Crippen LogP) is 3.25. The SMILES string of the molecule is CCC(C)n1ccc(CC(NN)c2cccc(Cl)c2)n1. The molecule has 20 heavy (non-hydrogen) atoms. The topological polar surface area (TPSA) is 55.9 Å². The maximum Gasteiger partial charge on any atom is 0.0644 e. The first-order valence-corrected chi connectivity index (χ1v) is 7.27. The molecule has 3 N–H and O–H groups in total. The molecule has 0 saturated heterocycles. The van der Waals surface area contributed by atoms with Crippen molar-refractivity contribution in [1.29, 1.82) is 0 Å². The van der Waals surface area contributed by atoms with Crippen LogP contribution in [-0.2, 0) is 6.42 Å². The lowest BCUT2D eigenvalue weighted by molar-refractivity contribution is 0.467. The first-order valence-electron chi connectivity index (χ1n) is 6.89. The molecule has 0 aliphatic carbocycles. The Balaban J connectivity index is 2.12. The number of hydrogen-bond acceptors (Lipinski definition) is 3. The van der Waals surface area contributed by atoms with Crippen molar-refractivity contribution in [3.8, 4) is 0 Å². The van der Waals surface area contributed by atoms with Crippen molar-refractivity contribution in [3.05, 3.63) is 52.8 Å². The number of hydrazine groups is 1. The van der Waals surface area contributed by atoms with E-state index in [2.05, 4.69) is 24.4 Å². The molecule has 0 radical (unpaired) electrons. The lowest BCUT2D eigenvalue weighted by atomic mass is 10.0. The fourth-order valence-corrected chi connectivity index (χ4v) is 2.32. The Labute approximate surface area is 124 Å². The molecule has 2 rings (SSSR count). The zero-order valence-electron chi connectivity index (χ0n) is 11.9. The van der Waals surface area contributed by atoms with Crippen LogP contribution in [0.2, 0.25) is 5.02 Å². The van der Waals surface area contributed by atoms with Gasteiger partial charge in [-0.3, -0.25) is 16.0 Å². The van der Waals surface area contributed by atoms with E-state index < -0.39 is 0 Å². The van der Waals surface area contributed by atoms with Crippen molar-refractivity contribution < 1.29 is 0 Å². The average molecular weight is 293 g/mol. The molecular weight excluding hydrogens is 272 g/mol. The number of aromatic nitrogens is 2. The van der Waals surface area contributed by atoms with E-state index in [9.17, 15) is 0 Å². The first-order chi connectivity index (χ1) is 9.63. The van der Waals surface area contributed by atoms with Crippen molar-refractivity contribution >= 4 is 11.6 Å². The molecule has 108 valence electrons. The smallest absolute Gasteiger partial charge is 0.0644 e. The Morgan fingerprint density at radius 3 is 2.85 bits per heavy atom. The highest BCUT2D eigenvalue weighted by Gasteiger charge is 2.13. The van der Waals surface area contributed by atoms with Crippen LogP contribution in [0.15, 0.2) is 36.5 Å². The largest absolute Gasteiger partial charge is 0.271 e. The van der Waals surface area contributed by atoms with Gasteiger partial charge < -0.3 is 0 Å². The van der Waals surface area contributed by atoms with Crippen LogP contribution in [0.3, 0.4) is 0 Å². The summed E-state index contributed by atoms with van der Waals surface area (Å²) in [4.78, 5) is 0. The number of halogens is 1. The van der Waals surface area contributed by atoms with Gasteiger partial charge in [-0.05, 0) is 37.1 Å². The third kappa shape index (κ3) is 3.60. The van der Waals surface area contributed by atoms with Crippen molar-refractivity contribution in [1.82, 2.24) is 15.2 Å². The van der Waals surface area contributed by atoms with E-state index in [0.717, 1.165) is 24.1 Å². The van der Waals surface area contributed by atoms with Gasteiger partial charge in [0.1, 0.15) is 0 Å². The van der Waals surface area contributed by atoms with Gasteiger partial charge in [0.15, 0.2) is 0 Å². The van der Waals surface area contributed by atoms with E-state index in [1.165, 1.54) is 0 Å². The molecule has 0 amide bonds. The molecule has 2 unspecified atom stereocenters. The third-order valence-electron chi connectivity index (χ3n) is 3.57. The zero-order chi connectivity index (χ0) is 14.5. The van der Waals surface area contributed by atoms with Gasteiger partial charge in [0, 0.05) is 23.7 Å². The normalized spacial score (nSPS) is 14.2.